The van der Waals surface area contributed by atoms with E-state index < -0.39 is 0 Å². The average molecular weight is 328 g/mol. The number of ketones is 1. The lowest BCUT2D eigenvalue weighted by Crippen LogP contribution is -2.40. The van der Waals surface area contributed by atoms with E-state index in [1.54, 1.807) is 18.2 Å². The lowest BCUT2D eigenvalue weighted by Gasteiger charge is -2.29. The zero-order valence-electron chi connectivity index (χ0n) is 12.7. The highest BCUT2D eigenvalue weighted by Crippen LogP contribution is 2.26. The second-order valence-corrected chi connectivity index (χ2v) is 7.13. The van der Waals surface area contributed by atoms with Gasteiger partial charge in [0.05, 0.1) is 16.6 Å². The third kappa shape index (κ3) is 4.70. The third-order valence-corrected chi connectivity index (χ3v) is 4.77. The molecule has 116 valence electrons. The van der Waals surface area contributed by atoms with Gasteiger partial charge in [-0.05, 0) is 37.0 Å². The molecular formula is C17H23Cl2NO. The zero-order chi connectivity index (χ0) is 15.4. The molecule has 0 bridgehead atoms. The van der Waals surface area contributed by atoms with E-state index in [1.807, 2.05) is 0 Å². The number of hydrogen-bond acceptors (Lipinski definition) is 2. The number of Topliss-reactive ketones (excluding diaryl/α,β-unsaturated/α-hetero) is 1. The molecule has 1 aliphatic carbocycles. The van der Waals surface area contributed by atoms with Crippen LogP contribution in [0.25, 0.3) is 0 Å². The second-order valence-electron chi connectivity index (χ2n) is 6.31. The number of carbonyl (C=O) groups is 1. The van der Waals surface area contributed by atoms with Crippen LogP contribution in [0.2, 0.25) is 10.0 Å². The van der Waals surface area contributed by atoms with Crippen LogP contribution in [-0.4, -0.2) is 29.8 Å². The molecule has 0 aliphatic heterocycles. The molecule has 0 aromatic heterocycles. The van der Waals surface area contributed by atoms with Crippen molar-refractivity contribution < 1.29 is 4.79 Å². The van der Waals surface area contributed by atoms with Crippen LogP contribution in [0.3, 0.4) is 0 Å². The Hall–Kier alpha value is -0.570. The van der Waals surface area contributed by atoms with Crippen LogP contribution in [-0.2, 0) is 0 Å². The monoisotopic (exact) mass is 327 g/mol. The summed E-state index contributed by atoms with van der Waals surface area (Å²) >= 11 is 11.9. The maximum atomic E-state index is 12.5. The molecule has 21 heavy (non-hydrogen) atoms. The van der Waals surface area contributed by atoms with Crippen LogP contribution >= 0.6 is 23.2 Å². The second kappa shape index (κ2) is 7.62. The summed E-state index contributed by atoms with van der Waals surface area (Å²) in [5, 5.41) is 0.932. The Morgan fingerprint density at radius 2 is 1.90 bits per heavy atom. The molecule has 2 nitrogen and oxygen atoms in total. The van der Waals surface area contributed by atoms with Crippen LogP contribution in [0, 0.1) is 5.92 Å². The van der Waals surface area contributed by atoms with E-state index in [2.05, 4.69) is 18.7 Å². The van der Waals surface area contributed by atoms with E-state index >= 15 is 0 Å². The Labute approximate surface area is 137 Å². The summed E-state index contributed by atoms with van der Waals surface area (Å²) in [5.41, 5.74) is 0.649. The van der Waals surface area contributed by atoms with Crippen molar-refractivity contribution in [3.05, 3.63) is 33.8 Å². The highest BCUT2D eigenvalue weighted by atomic mass is 35.5. The molecule has 0 amide bonds. The maximum Gasteiger partial charge on any atom is 0.176 e. The molecule has 0 spiro atoms. The third-order valence-electron chi connectivity index (χ3n) is 4.03. The van der Waals surface area contributed by atoms with Gasteiger partial charge in [-0.2, -0.15) is 0 Å². The van der Waals surface area contributed by atoms with Crippen molar-refractivity contribution >= 4 is 29.0 Å². The number of halogens is 2. The smallest absolute Gasteiger partial charge is 0.176 e. The quantitative estimate of drug-likeness (QED) is 0.679. The highest BCUT2D eigenvalue weighted by Gasteiger charge is 2.25. The Bertz CT molecular complexity index is 496. The van der Waals surface area contributed by atoms with Gasteiger partial charge in [0.1, 0.15) is 0 Å². The molecule has 2 rings (SSSR count). The highest BCUT2D eigenvalue weighted by molar-refractivity contribution is 6.42. The molecular weight excluding hydrogens is 305 g/mol. The van der Waals surface area contributed by atoms with Crippen molar-refractivity contribution in [2.75, 3.05) is 13.1 Å². The van der Waals surface area contributed by atoms with E-state index in [0.717, 1.165) is 6.54 Å². The van der Waals surface area contributed by atoms with Gasteiger partial charge in [0, 0.05) is 18.2 Å². The molecule has 0 N–H and O–H groups in total. The summed E-state index contributed by atoms with van der Waals surface area (Å²) in [6, 6.07) is 5.69. The van der Waals surface area contributed by atoms with Crippen molar-refractivity contribution in [3.63, 3.8) is 0 Å². The largest absolute Gasteiger partial charge is 0.293 e. The van der Waals surface area contributed by atoms with Gasteiger partial charge in [-0.3, -0.25) is 9.69 Å². The van der Waals surface area contributed by atoms with Gasteiger partial charge in [-0.1, -0.05) is 49.9 Å². The van der Waals surface area contributed by atoms with Gasteiger partial charge in [0.25, 0.3) is 0 Å². The molecule has 0 heterocycles. The molecule has 0 atom stereocenters. The summed E-state index contributed by atoms with van der Waals surface area (Å²) in [6.45, 7) is 5.84. The Morgan fingerprint density at radius 3 is 2.48 bits per heavy atom. The van der Waals surface area contributed by atoms with E-state index in [1.165, 1.54) is 25.7 Å². The minimum atomic E-state index is 0.126. The summed E-state index contributed by atoms with van der Waals surface area (Å²) in [5.74, 6) is 0.688. The van der Waals surface area contributed by atoms with E-state index in [9.17, 15) is 4.79 Å². The Balaban J connectivity index is 2.07. The van der Waals surface area contributed by atoms with Crippen LogP contribution in [0.4, 0.5) is 0 Å². The van der Waals surface area contributed by atoms with Crippen LogP contribution in [0.15, 0.2) is 18.2 Å². The van der Waals surface area contributed by atoms with Gasteiger partial charge in [0.15, 0.2) is 5.78 Å². The van der Waals surface area contributed by atoms with Gasteiger partial charge >= 0.3 is 0 Å². The molecule has 0 radical (unpaired) electrons. The summed E-state index contributed by atoms with van der Waals surface area (Å²) in [4.78, 5) is 14.9. The van der Waals surface area contributed by atoms with Gasteiger partial charge in [-0.25, -0.2) is 0 Å². The summed E-state index contributed by atoms with van der Waals surface area (Å²) < 4.78 is 0. The molecule has 1 saturated carbocycles. The Kier molecular flexibility index (Phi) is 6.09. The fourth-order valence-corrected chi connectivity index (χ4v) is 3.32. The number of benzene rings is 1. The van der Waals surface area contributed by atoms with E-state index in [-0.39, 0.29) is 5.78 Å². The number of hydrogen-bond donors (Lipinski definition) is 0. The van der Waals surface area contributed by atoms with E-state index in [4.69, 9.17) is 23.2 Å². The zero-order valence-corrected chi connectivity index (χ0v) is 14.3. The van der Waals surface area contributed by atoms with Crippen molar-refractivity contribution in [2.45, 2.75) is 45.6 Å². The first-order valence-electron chi connectivity index (χ1n) is 7.69. The van der Waals surface area contributed by atoms with Crippen LogP contribution in [0.1, 0.15) is 49.9 Å². The number of nitrogens with zero attached hydrogens (tertiary/aromatic N) is 1. The topological polar surface area (TPSA) is 20.3 Å². The number of rotatable bonds is 6. The normalized spacial score (nSPS) is 16.1. The fraction of sp³-hybridized carbons (Fsp3) is 0.588. The van der Waals surface area contributed by atoms with Gasteiger partial charge in [0.2, 0.25) is 0 Å². The first kappa shape index (κ1) is 16.8. The first-order valence-corrected chi connectivity index (χ1v) is 8.45. The lowest BCUT2D eigenvalue weighted by atomic mass is 10.1. The standard InChI is InChI=1S/C17H23Cl2NO/c1-12(2)10-20(14-5-3-4-6-14)11-17(21)13-7-8-15(18)16(19)9-13/h7-9,12,14H,3-6,10-11H2,1-2H3. The van der Waals surface area contributed by atoms with Crippen LogP contribution in [0.5, 0.6) is 0 Å². The van der Waals surface area contributed by atoms with E-state index in [0.29, 0.717) is 34.1 Å². The number of carbonyl (C=O) groups excluding carboxylic acids is 1. The molecule has 0 saturated heterocycles. The molecule has 0 unspecified atom stereocenters. The molecule has 4 heteroatoms. The fourth-order valence-electron chi connectivity index (χ4n) is 3.03. The van der Waals surface area contributed by atoms with Gasteiger partial charge < -0.3 is 0 Å². The minimum absolute atomic E-state index is 0.126. The molecule has 1 aliphatic rings. The maximum absolute atomic E-state index is 12.5. The Morgan fingerprint density at radius 1 is 1.24 bits per heavy atom. The average Bonchev–Trinajstić information content (AvgIpc) is 2.94. The molecule has 1 aromatic rings. The predicted molar refractivity (Wildman–Crippen MR) is 89.5 cm³/mol. The van der Waals surface area contributed by atoms with Crippen LogP contribution < -0.4 is 0 Å². The molecule has 1 aromatic carbocycles. The predicted octanol–water partition coefficient (Wildman–Crippen LogP) is 5.08. The van der Waals surface area contributed by atoms with Gasteiger partial charge in [-0.15, -0.1) is 0 Å². The van der Waals surface area contributed by atoms with Crippen molar-refractivity contribution in [2.24, 2.45) is 5.92 Å². The minimum Gasteiger partial charge on any atom is -0.293 e. The van der Waals surface area contributed by atoms with Crippen molar-refractivity contribution in [1.29, 1.82) is 0 Å². The first-order chi connectivity index (χ1) is 9.97. The van der Waals surface area contributed by atoms with Crippen molar-refractivity contribution in [3.8, 4) is 0 Å². The summed E-state index contributed by atoms with van der Waals surface area (Å²) in [6.07, 6.45) is 4.98. The van der Waals surface area contributed by atoms with Crippen molar-refractivity contribution in [1.82, 2.24) is 4.90 Å². The SMILES string of the molecule is CC(C)CN(CC(=O)c1ccc(Cl)c(Cl)c1)C1CCCC1. The lowest BCUT2D eigenvalue weighted by molar-refractivity contribution is 0.0876. The summed E-state index contributed by atoms with van der Waals surface area (Å²) in [7, 11) is 0. The molecule has 1 fully saturated rings.